The normalized spacial score (nSPS) is 16.8. The van der Waals surface area contributed by atoms with Crippen molar-refractivity contribution in [3.8, 4) is 0 Å². The van der Waals surface area contributed by atoms with E-state index >= 15 is 0 Å². The van der Waals surface area contributed by atoms with Gasteiger partial charge in [0.2, 0.25) is 0 Å². The smallest absolute Gasteiger partial charge is 0.398 e. The molecule has 0 heterocycles. The minimum Gasteiger partial charge on any atom is -0.398 e. The Morgan fingerprint density at radius 3 is 1.42 bits per heavy atom. The fourth-order valence-electron chi connectivity index (χ4n) is 0.885. The maximum Gasteiger partial charge on any atom is 0.471 e. The Balaban J connectivity index is 6.35. The fraction of sp³-hybridized carbons (Fsp3) is 0.714. The van der Waals surface area contributed by atoms with Crippen LogP contribution in [0.1, 0.15) is 0 Å². The lowest BCUT2D eigenvalue weighted by Gasteiger charge is -2.36. The summed E-state index contributed by atoms with van der Waals surface area (Å²) in [5.74, 6) is -7.51. The van der Waals surface area contributed by atoms with Crippen LogP contribution in [0.4, 0.5) is 57.1 Å². The van der Waals surface area contributed by atoms with Crippen molar-refractivity contribution >= 4 is 10.1 Å². The van der Waals surface area contributed by atoms with Gasteiger partial charge < -0.3 is 4.74 Å². The average molecular weight is 444 g/mol. The van der Waals surface area contributed by atoms with Gasteiger partial charge in [-0.25, -0.2) is 0 Å². The molecule has 0 aromatic rings. The lowest BCUT2D eigenvalue weighted by Crippen LogP contribution is -2.64. The van der Waals surface area contributed by atoms with Crippen LogP contribution >= 0.6 is 0 Å². The van der Waals surface area contributed by atoms with E-state index in [1.54, 1.807) is 0 Å². The zero-order valence-electron chi connectivity index (χ0n) is 10.9. The standard InChI is InChI=1S/C7HF13O5S/c8-1(9)2(10)24-5(15,16)3(11,4(12,13)14)25-6(17,18)7(19,20)26(21,22)23/h(H,21,22,23). The quantitative estimate of drug-likeness (QED) is 0.366. The van der Waals surface area contributed by atoms with Crippen LogP contribution in [0.15, 0.2) is 12.1 Å². The van der Waals surface area contributed by atoms with Gasteiger partial charge in [-0.2, -0.15) is 65.5 Å². The number of ether oxygens (including phenoxy) is 2. The molecule has 0 aromatic carbocycles. The van der Waals surface area contributed by atoms with Gasteiger partial charge in [0.25, 0.3) is 0 Å². The zero-order chi connectivity index (χ0) is 21.6. The largest absolute Gasteiger partial charge is 0.471 e. The predicted molar refractivity (Wildman–Crippen MR) is 48.8 cm³/mol. The van der Waals surface area contributed by atoms with Gasteiger partial charge in [0, 0.05) is 0 Å². The monoisotopic (exact) mass is 444 g/mol. The predicted octanol–water partition coefficient (Wildman–Crippen LogP) is 3.95. The van der Waals surface area contributed by atoms with Crippen molar-refractivity contribution in [1.29, 1.82) is 0 Å². The molecule has 1 N–H and O–H groups in total. The van der Waals surface area contributed by atoms with Crippen LogP contribution in [0.3, 0.4) is 0 Å². The third kappa shape index (κ3) is 4.24. The highest BCUT2D eigenvalue weighted by Gasteiger charge is 2.82. The van der Waals surface area contributed by atoms with E-state index in [9.17, 15) is 65.5 Å². The van der Waals surface area contributed by atoms with Gasteiger partial charge in [-0.3, -0.25) is 9.29 Å². The SMILES string of the molecule is O=S(=O)(O)C(F)(F)C(F)(F)OC(F)(C(F)(F)F)C(F)(F)OC(F)=C(F)F. The maximum atomic E-state index is 13.4. The van der Waals surface area contributed by atoms with E-state index in [4.69, 9.17) is 4.55 Å². The molecule has 0 saturated carbocycles. The number of halogens is 13. The summed E-state index contributed by atoms with van der Waals surface area (Å²) in [6.07, 6.45) is -26.1. The summed E-state index contributed by atoms with van der Waals surface area (Å²) in [6.45, 7) is 0. The maximum absolute atomic E-state index is 13.4. The molecule has 0 saturated heterocycles. The topological polar surface area (TPSA) is 72.8 Å². The summed E-state index contributed by atoms with van der Waals surface area (Å²) >= 11 is 0. The Morgan fingerprint density at radius 2 is 1.15 bits per heavy atom. The Morgan fingerprint density at radius 1 is 0.769 bits per heavy atom. The molecule has 0 aromatic heterocycles. The van der Waals surface area contributed by atoms with Crippen LogP contribution in [0.2, 0.25) is 0 Å². The van der Waals surface area contributed by atoms with Crippen molar-refractivity contribution in [2.75, 3.05) is 0 Å². The summed E-state index contributed by atoms with van der Waals surface area (Å²) in [5.41, 5.74) is 0. The summed E-state index contributed by atoms with van der Waals surface area (Å²) in [5, 5.41) is -7.15. The van der Waals surface area contributed by atoms with Crippen LogP contribution in [-0.4, -0.2) is 42.5 Å². The van der Waals surface area contributed by atoms with Gasteiger partial charge in [0.1, 0.15) is 0 Å². The molecule has 1 unspecified atom stereocenters. The lowest BCUT2D eigenvalue weighted by atomic mass is 10.2. The summed E-state index contributed by atoms with van der Waals surface area (Å²) in [7, 11) is -7.39. The van der Waals surface area contributed by atoms with Crippen molar-refractivity contribution in [3.05, 3.63) is 12.1 Å². The van der Waals surface area contributed by atoms with Gasteiger partial charge in [0.15, 0.2) is 0 Å². The molecule has 5 nitrogen and oxygen atoms in total. The molecule has 0 aliphatic heterocycles. The molecule has 19 heteroatoms. The van der Waals surface area contributed by atoms with E-state index in [0.29, 0.717) is 0 Å². The molecule has 0 aliphatic rings. The molecule has 0 spiro atoms. The first-order valence-corrected chi connectivity index (χ1v) is 6.43. The first-order valence-electron chi connectivity index (χ1n) is 4.99. The minimum atomic E-state index is -7.53. The van der Waals surface area contributed by atoms with Gasteiger partial charge in [-0.1, -0.05) is 0 Å². The van der Waals surface area contributed by atoms with E-state index in [2.05, 4.69) is 0 Å². The van der Waals surface area contributed by atoms with E-state index in [1.165, 1.54) is 4.74 Å². The molecule has 0 amide bonds. The second-order valence-electron chi connectivity index (χ2n) is 3.86. The first kappa shape index (κ1) is 24.5. The Labute approximate surface area is 132 Å². The van der Waals surface area contributed by atoms with Gasteiger partial charge >= 0.3 is 51.7 Å². The van der Waals surface area contributed by atoms with Crippen molar-refractivity contribution in [1.82, 2.24) is 0 Å². The molecular weight excluding hydrogens is 443 g/mol. The Bertz CT molecular complexity index is 663. The highest BCUT2D eigenvalue weighted by molar-refractivity contribution is 7.86. The van der Waals surface area contributed by atoms with Crippen molar-refractivity contribution in [2.45, 2.75) is 29.5 Å². The second kappa shape index (κ2) is 6.59. The molecule has 156 valence electrons. The summed E-state index contributed by atoms with van der Waals surface area (Å²) in [4.78, 5) is 0. The Kier molecular flexibility index (Phi) is 6.21. The molecule has 0 rings (SSSR count). The molecule has 26 heavy (non-hydrogen) atoms. The highest BCUT2D eigenvalue weighted by Crippen LogP contribution is 2.53. The molecule has 0 radical (unpaired) electrons. The van der Waals surface area contributed by atoms with E-state index in [-0.39, 0.29) is 0 Å². The van der Waals surface area contributed by atoms with Crippen molar-refractivity contribution in [3.63, 3.8) is 0 Å². The summed E-state index contributed by atoms with van der Waals surface area (Å²) in [6, 6.07) is -3.95. The molecule has 0 aliphatic carbocycles. The number of alkyl halides is 10. The average Bonchev–Trinajstić information content (AvgIpc) is 2.34. The van der Waals surface area contributed by atoms with E-state index in [1.807, 2.05) is 4.74 Å². The lowest BCUT2D eigenvalue weighted by molar-refractivity contribution is -0.510. The van der Waals surface area contributed by atoms with Crippen LogP contribution in [-0.2, 0) is 19.6 Å². The summed E-state index contributed by atoms with van der Waals surface area (Å²) < 4.78 is 194. The fourth-order valence-corrected chi connectivity index (χ4v) is 1.23. The van der Waals surface area contributed by atoms with Gasteiger partial charge in [0.05, 0.1) is 0 Å². The van der Waals surface area contributed by atoms with Crippen LogP contribution < -0.4 is 0 Å². The molecular formula is C7HF13O5S. The minimum absolute atomic E-state index is 1.50. The van der Waals surface area contributed by atoms with Crippen LogP contribution in [0.25, 0.3) is 0 Å². The van der Waals surface area contributed by atoms with Crippen LogP contribution in [0, 0.1) is 0 Å². The van der Waals surface area contributed by atoms with Crippen molar-refractivity contribution in [2.24, 2.45) is 0 Å². The van der Waals surface area contributed by atoms with Gasteiger partial charge in [-0.05, 0) is 0 Å². The van der Waals surface area contributed by atoms with E-state index in [0.717, 1.165) is 0 Å². The Hall–Kier alpha value is -1.50. The zero-order valence-corrected chi connectivity index (χ0v) is 11.7. The molecule has 0 fully saturated rings. The third-order valence-electron chi connectivity index (χ3n) is 2.04. The highest BCUT2D eigenvalue weighted by atomic mass is 32.2. The second-order valence-corrected chi connectivity index (χ2v) is 5.32. The number of hydrogen-bond donors (Lipinski definition) is 1. The van der Waals surface area contributed by atoms with E-state index < -0.39 is 51.7 Å². The number of rotatable bonds is 7. The molecule has 1 atom stereocenters. The first-order chi connectivity index (χ1) is 11.0. The number of hydrogen-bond acceptors (Lipinski definition) is 4. The van der Waals surface area contributed by atoms with Gasteiger partial charge in [-0.15, -0.1) is 0 Å². The third-order valence-corrected chi connectivity index (χ3v) is 2.92. The molecule has 0 bridgehead atoms. The van der Waals surface area contributed by atoms with Crippen LogP contribution in [0.5, 0.6) is 0 Å². The van der Waals surface area contributed by atoms with Crippen molar-refractivity contribution < 1.29 is 79.5 Å².